The molecule has 0 saturated heterocycles. The molecule has 0 aromatic heterocycles. The van der Waals surface area contributed by atoms with Crippen LogP contribution in [-0.2, 0) is 14.3 Å². The van der Waals surface area contributed by atoms with Crippen LogP contribution < -0.4 is 5.32 Å². The minimum absolute atomic E-state index is 0.119. The van der Waals surface area contributed by atoms with Crippen molar-refractivity contribution in [2.24, 2.45) is 10.8 Å². The highest BCUT2D eigenvalue weighted by Crippen LogP contribution is 2.21. The third kappa shape index (κ3) is 14.5. The number of unbranched alkanes of at least 4 members (excludes halogenated alkanes) is 7. The lowest BCUT2D eigenvalue weighted by molar-refractivity contribution is -0.149. The van der Waals surface area contributed by atoms with Crippen molar-refractivity contribution in [3.05, 3.63) is 0 Å². The van der Waals surface area contributed by atoms with Gasteiger partial charge >= 0.3 is 12.1 Å². The zero-order chi connectivity index (χ0) is 20.9. The Morgan fingerprint density at radius 2 is 1.33 bits per heavy atom. The SMILES string of the molecule is CCCCCCCCCCOC(=O)C(NC(=O)OCC(C)(C)C)C(C)(C)C. The van der Waals surface area contributed by atoms with Crippen LogP contribution in [0.1, 0.15) is 99.8 Å². The van der Waals surface area contributed by atoms with Crippen molar-refractivity contribution in [2.75, 3.05) is 13.2 Å². The molecule has 0 fully saturated rings. The molecule has 1 atom stereocenters. The molecule has 1 N–H and O–H groups in total. The molecule has 0 aliphatic heterocycles. The number of hydrogen-bond acceptors (Lipinski definition) is 4. The highest BCUT2D eigenvalue weighted by atomic mass is 16.6. The van der Waals surface area contributed by atoms with E-state index < -0.39 is 23.5 Å². The molecule has 5 nitrogen and oxygen atoms in total. The van der Waals surface area contributed by atoms with Gasteiger partial charge in [-0.2, -0.15) is 0 Å². The minimum Gasteiger partial charge on any atom is -0.464 e. The Labute approximate surface area is 167 Å². The van der Waals surface area contributed by atoms with Gasteiger partial charge in [0.2, 0.25) is 0 Å². The molecule has 0 aliphatic rings. The summed E-state index contributed by atoms with van der Waals surface area (Å²) in [6, 6.07) is -0.723. The Bertz CT molecular complexity index is 421. The molecule has 0 saturated carbocycles. The lowest BCUT2D eigenvalue weighted by atomic mass is 9.87. The van der Waals surface area contributed by atoms with Gasteiger partial charge in [0.15, 0.2) is 0 Å². The number of nitrogens with one attached hydrogen (secondary N) is 1. The smallest absolute Gasteiger partial charge is 0.407 e. The molecule has 160 valence electrons. The molecule has 0 radical (unpaired) electrons. The van der Waals surface area contributed by atoms with Crippen molar-refractivity contribution in [3.8, 4) is 0 Å². The summed E-state index contributed by atoms with van der Waals surface area (Å²) in [5, 5.41) is 2.67. The van der Waals surface area contributed by atoms with E-state index in [2.05, 4.69) is 12.2 Å². The molecule has 0 aliphatic carbocycles. The first kappa shape index (κ1) is 25.7. The van der Waals surface area contributed by atoms with Gasteiger partial charge in [-0.05, 0) is 17.3 Å². The Morgan fingerprint density at radius 3 is 1.81 bits per heavy atom. The van der Waals surface area contributed by atoms with E-state index in [1.807, 2.05) is 41.5 Å². The van der Waals surface area contributed by atoms with Crippen molar-refractivity contribution in [1.82, 2.24) is 5.32 Å². The quantitative estimate of drug-likeness (QED) is 0.338. The predicted molar refractivity (Wildman–Crippen MR) is 111 cm³/mol. The van der Waals surface area contributed by atoms with Crippen LogP contribution in [0.25, 0.3) is 0 Å². The molecule has 1 unspecified atom stereocenters. The Morgan fingerprint density at radius 1 is 0.815 bits per heavy atom. The van der Waals surface area contributed by atoms with E-state index >= 15 is 0 Å². The van der Waals surface area contributed by atoms with Crippen molar-refractivity contribution in [3.63, 3.8) is 0 Å². The van der Waals surface area contributed by atoms with Crippen LogP contribution in [0.2, 0.25) is 0 Å². The average molecular weight is 386 g/mol. The Hall–Kier alpha value is -1.26. The van der Waals surface area contributed by atoms with Crippen LogP contribution in [0, 0.1) is 10.8 Å². The van der Waals surface area contributed by atoms with Gasteiger partial charge in [-0.1, -0.05) is 93.4 Å². The average Bonchev–Trinajstić information content (AvgIpc) is 2.54. The fourth-order valence-electron chi connectivity index (χ4n) is 2.56. The third-order valence-electron chi connectivity index (χ3n) is 4.24. The second-order valence-corrected chi connectivity index (χ2v) is 9.72. The Kier molecular flexibility index (Phi) is 12.4. The summed E-state index contributed by atoms with van der Waals surface area (Å²) in [6.07, 6.45) is 8.98. The number of alkyl carbamates (subject to hydrolysis) is 1. The van der Waals surface area contributed by atoms with Gasteiger partial charge in [-0.25, -0.2) is 9.59 Å². The molecule has 0 aromatic carbocycles. The molecular weight excluding hydrogens is 342 g/mol. The summed E-state index contributed by atoms with van der Waals surface area (Å²) in [6.45, 7) is 14.6. The van der Waals surface area contributed by atoms with Crippen molar-refractivity contribution in [2.45, 2.75) is 106 Å². The monoisotopic (exact) mass is 385 g/mol. The van der Waals surface area contributed by atoms with Gasteiger partial charge in [0.1, 0.15) is 6.04 Å². The highest BCUT2D eigenvalue weighted by molar-refractivity contribution is 5.82. The van der Waals surface area contributed by atoms with Gasteiger partial charge in [0.05, 0.1) is 13.2 Å². The van der Waals surface area contributed by atoms with Crippen LogP contribution in [0.5, 0.6) is 0 Å². The number of amides is 1. The number of hydrogen-bond donors (Lipinski definition) is 1. The van der Waals surface area contributed by atoms with Crippen LogP contribution in [0.4, 0.5) is 4.79 Å². The second kappa shape index (κ2) is 13.0. The first-order chi connectivity index (χ1) is 12.5. The van der Waals surface area contributed by atoms with Gasteiger partial charge in [0.25, 0.3) is 0 Å². The predicted octanol–water partition coefficient (Wildman–Crippen LogP) is 5.86. The number of carbonyl (C=O) groups is 2. The second-order valence-electron chi connectivity index (χ2n) is 9.72. The maximum absolute atomic E-state index is 12.4. The van der Waals surface area contributed by atoms with Crippen LogP contribution >= 0.6 is 0 Å². The first-order valence-corrected chi connectivity index (χ1v) is 10.6. The number of esters is 1. The van der Waals surface area contributed by atoms with Gasteiger partial charge in [0, 0.05) is 0 Å². The number of ether oxygens (including phenoxy) is 2. The van der Waals surface area contributed by atoms with E-state index in [1.165, 1.54) is 38.5 Å². The summed E-state index contributed by atoms with van der Waals surface area (Å²) in [5.74, 6) is -0.391. The zero-order valence-corrected chi connectivity index (χ0v) is 18.8. The summed E-state index contributed by atoms with van der Waals surface area (Å²) >= 11 is 0. The maximum Gasteiger partial charge on any atom is 0.407 e. The lowest BCUT2D eigenvalue weighted by Crippen LogP contribution is -2.50. The summed E-state index contributed by atoms with van der Waals surface area (Å²) < 4.78 is 10.6. The summed E-state index contributed by atoms with van der Waals surface area (Å²) in [5.41, 5.74) is -0.567. The van der Waals surface area contributed by atoms with Crippen molar-refractivity contribution in [1.29, 1.82) is 0 Å². The van der Waals surface area contributed by atoms with E-state index in [0.717, 1.165) is 12.8 Å². The van der Waals surface area contributed by atoms with E-state index in [-0.39, 0.29) is 5.41 Å². The molecule has 27 heavy (non-hydrogen) atoms. The standard InChI is InChI=1S/C22H43NO4/c1-8-9-10-11-12-13-14-15-16-26-19(24)18(22(5,6)7)23-20(25)27-17-21(2,3)4/h18H,8-17H2,1-7H3,(H,23,25). The third-order valence-corrected chi connectivity index (χ3v) is 4.24. The van der Waals surface area contributed by atoms with Crippen molar-refractivity contribution >= 4 is 12.1 Å². The van der Waals surface area contributed by atoms with Gasteiger partial charge in [-0.3, -0.25) is 0 Å². The highest BCUT2D eigenvalue weighted by Gasteiger charge is 2.34. The van der Waals surface area contributed by atoms with Gasteiger partial charge in [-0.15, -0.1) is 0 Å². The van der Waals surface area contributed by atoms with Crippen molar-refractivity contribution < 1.29 is 19.1 Å². The minimum atomic E-state index is -0.723. The molecule has 0 bridgehead atoms. The first-order valence-electron chi connectivity index (χ1n) is 10.6. The van der Waals surface area contributed by atoms with Crippen LogP contribution in [0.3, 0.4) is 0 Å². The molecular formula is C22H43NO4. The van der Waals surface area contributed by atoms with Crippen LogP contribution in [-0.4, -0.2) is 31.3 Å². The van der Waals surface area contributed by atoms with E-state index in [4.69, 9.17) is 9.47 Å². The zero-order valence-electron chi connectivity index (χ0n) is 18.8. The van der Waals surface area contributed by atoms with E-state index in [0.29, 0.717) is 13.2 Å². The summed E-state index contributed by atoms with van der Waals surface area (Å²) in [4.78, 5) is 24.5. The fourth-order valence-corrected chi connectivity index (χ4v) is 2.56. The topological polar surface area (TPSA) is 64.6 Å². The largest absolute Gasteiger partial charge is 0.464 e. The van der Waals surface area contributed by atoms with E-state index in [1.54, 1.807) is 0 Å². The van der Waals surface area contributed by atoms with Gasteiger partial charge < -0.3 is 14.8 Å². The summed E-state index contributed by atoms with van der Waals surface area (Å²) in [7, 11) is 0. The molecule has 0 spiro atoms. The molecule has 1 amide bonds. The fraction of sp³-hybridized carbons (Fsp3) is 0.909. The lowest BCUT2D eigenvalue weighted by Gasteiger charge is -2.29. The van der Waals surface area contributed by atoms with E-state index in [9.17, 15) is 9.59 Å². The Balaban J connectivity index is 4.19. The van der Waals surface area contributed by atoms with Crippen LogP contribution in [0.15, 0.2) is 0 Å². The molecule has 5 heteroatoms. The normalized spacial score (nSPS) is 13.1. The number of rotatable bonds is 12. The maximum atomic E-state index is 12.4. The molecule has 0 heterocycles. The number of carbonyl (C=O) groups excluding carboxylic acids is 2. The molecule has 0 rings (SSSR count). The molecule has 0 aromatic rings.